The van der Waals surface area contributed by atoms with Crippen molar-refractivity contribution in [3.05, 3.63) is 71.3 Å². The molecule has 0 atom stereocenters. The van der Waals surface area contributed by atoms with E-state index in [2.05, 4.69) is 9.97 Å². The SMILES string of the molecule is O=c1cc(-c2cccnc2)nc(-c2ccccc2)o1. The Morgan fingerprint density at radius 1 is 0.947 bits per heavy atom. The minimum atomic E-state index is -0.423. The molecule has 0 saturated heterocycles. The Labute approximate surface area is 109 Å². The highest BCUT2D eigenvalue weighted by atomic mass is 16.4. The third-order valence-corrected chi connectivity index (χ3v) is 2.65. The fourth-order valence-electron chi connectivity index (χ4n) is 1.77. The van der Waals surface area contributed by atoms with Gasteiger partial charge < -0.3 is 4.42 Å². The van der Waals surface area contributed by atoms with Crippen LogP contribution in [0.3, 0.4) is 0 Å². The zero-order chi connectivity index (χ0) is 13.1. The Bertz CT molecular complexity index is 676. The number of aromatic nitrogens is 2. The van der Waals surface area contributed by atoms with Crippen molar-refractivity contribution < 1.29 is 4.42 Å². The molecular weight excluding hydrogens is 240 g/mol. The smallest absolute Gasteiger partial charge is 0.339 e. The first kappa shape index (κ1) is 11.3. The summed E-state index contributed by atoms with van der Waals surface area (Å²) in [6.07, 6.45) is 3.34. The van der Waals surface area contributed by atoms with Gasteiger partial charge in [-0.25, -0.2) is 9.78 Å². The first-order valence-corrected chi connectivity index (χ1v) is 5.81. The third kappa shape index (κ3) is 2.42. The molecule has 2 heterocycles. The summed E-state index contributed by atoms with van der Waals surface area (Å²) in [5.74, 6) is 0.312. The van der Waals surface area contributed by atoms with Crippen molar-refractivity contribution in [3.63, 3.8) is 0 Å². The van der Waals surface area contributed by atoms with Crippen molar-refractivity contribution in [2.75, 3.05) is 0 Å². The maximum absolute atomic E-state index is 11.6. The molecule has 4 nitrogen and oxygen atoms in total. The molecule has 3 rings (SSSR count). The molecule has 2 aromatic heterocycles. The average molecular weight is 250 g/mol. The molecule has 4 heteroatoms. The number of hydrogen-bond donors (Lipinski definition) is 0. The fraction of sp³-hybridized carbons (Fsp3) is 0. The molecule has 0 radical (unpaired) electrons. The van der Waals surface area contributed by atoms with Gasteiger partial charge in [-0.1, -0.05) is 18.2 Å². The van der Waals surface area contributed by atoms with Gasteiger partial charge in [-0.2, -0.15) is 0 Å². The summed E-state index contributed by atoms with van der Waals surface area (Å²) in [4.78, 5) is 20.0. The van der Waals surface area contributed by atoms with Crippen LogP contribution in [-0.4, -0.2) is 9.97 Å². The summed E-state index contributed by atoms with van der Waals surface area (Å²) < 4.78 is 5.14. The summed E-state index contributed by atoms with van der Waals surface area (Å²) in [5.41, 5.74) is 1.69. The van der Waals surface area contributed by atoms with Crippen molar-refractivity contribution in [3.8, 4) is 22.7 Å². The van der Waals surface area contributed by atoms with Crippen LogP contribution in [0.2, 0.25) is 0 Å². The van der Waals surface area contributed by atoms with Crippen LogP contribution in [0, 0.1) is 0 Å². The third-order valence-electron chi connectivity index (χ3n) is 2.65. The molecule has 0 aliphatic rings. The Balaban J connectivity index is 2.15. The maximum atomic E-state index is 11.6. The Hall–Kier alpha value is -2.75. The zero-order valence-corrected chi connectivity index (χ0v) is 9.98. The van der Waals surface area contributed by atoms with E-state index in [0.29, 0.717) is 11.6 Å². The zero-order valence-electron chi connectivity index (χ0n) is 9.98. The lowest BCUT2D eigenvalue weighted by Gasteiger charge is -2.02. The fourth-order valence-corrected chi connectivity index (χ4v) is 1.77. The van der Waals surface area contributed by atoms with Crippen molar-refractivity contribution >= 4 is 0 Å². The molecule has 3 aromatic rings. The molecule has 0 aliphatic carbocycles. The molecule has 0 spiro atoms. The van der Waals surface area contributed by atoms with E-state index in [9.17, 15) is 4.79 Å². The highest BCUT2D eigenvalue weighted by Crippen LogP contribution is 2.19. The average Bonchev–Trinajstić information content (AvgIpc) is 2.48. The van der Waals surface area contributed by atoms with Crippen LogP contribution >= 0.6 is 0 Å². The first-order chi connectivity index (χ1) is 9.33. The summed E-state index contributed by atoms with van der Waals surface area (Å²) in [6.45, 7) is 0. The lowest BCUT2D eigenvalue weighted by Crippen LogP contribution is -2.02. The summed E-state index contributed by atoms with van der Waals surface area (Å²) in [5, 5.41) is 0. The lowest BCUT2D eigenvalue weighted by atomic mass is 10.2. The summed E-state index contributed by atoms with van der Waals surface area (Å²) in [6, 6.07) is 14.3. The van der Waals surface area contributed by atoms with Gasteiger partial charge in [0, 0.05) is 23.5 Å². The van der Waals surface area contributed by atoms with E-state index in [1.165, 1.54) is 6.07 Å². The Kier molecular flexibility index (Phi) is 2.90. The quantitative estimate of drug-likeness (QED) is 0.701. The topological polar surface area (TPSA) is 56.0 Å². The van der Waals surface area contributed by atoms with Gasteiger partial charge in [-0.05, 0) is 24.3 Å². The second-order valence-electron chi connectivity index (χ2n) is 3.98. The minimum Gasteiger partial charge on any atom is -0.404 e. The van der Waals surface area contributed by atoms with Gasteiger partial charge in [0.2, 0.25) is 5.89 Å². The van der Waals surface area contributed by atoms with E-state index in [1.807, 2.05) is 36.4 Å². The maximum Gasteiger partial charge on any atom is 0.339 e. The normalized spacial score (nSPS) is 10.3. The van der Waals surface area contributed by atoms with Crippen molar-refractivity contribution in [2.24, 2.45) is 0 Å². The Morgan fingerprint density at radius 2 is 1.74 bits per heavy atom. The van der Waals surface area contributed by atoms with E-state index in [4.69, 9.17) is 4.42 Å². The van der Waals surface area contributed by atoms with E-state index in [0.717, 1.165) is 11.1 Å². The lowest BCUT2D eigenvalue weighted by molar-refractivity contribution is 0.508. The van der Waals surface area contributed by atoms with Crippen molar-refractivity contribution in [2.45, 2.75) is 0 Å². The van der Waals surface area contributed by atoms with Crippen molar-refractivity contribution in [1.29, 1.82) is 0 Å². The van der Waals surface area contributed by atoms with Crippen LogP contribution in [0.4, 0.5) is 0 Å². The molecule has 1 aromatic carbocycles. The monoisotopic (exact) mass is 250 g/mol. The second kappa shape index (κ2) is 4.86. The Morgan fingerprint density at radius 3 is 2.47 bits per heavy atom. The van der Waals surface area contributed by atoms with E-state index in [1.54, 1.807) is 18.5 Å². The summed E-state index contributed by atoms with van der Waals surface area (Å²) in [7, 11) is 0. The number of nitrogens with zero attached hydrogens (tertiary/aromatic N) is 2. The molecular formula is C15H10N2O2. The number of hydrogen-bond acceptors (Lipinski definition) is 4. The van der Waals surface area contributed by atoms with Gasteiger partial charge in [0.25, 0.3) is 0 Å². The van der Waals surface area contributed by atoms with E-state index in [-0.39, 0.29) is 0 Å². The van der Waals surface area contributed by atoms with Gasteiger partial charge in [-0.15, -0.1) is 0 Å². The van der Waals surface area contributed by atoms with Crippen LogP contribution in [-0.2, 0) is 0 Å². The van der Waals surface area contributed by atoms with Gasteiger partial charge in [-0.3, -0.25) is 4.98 Å². The van der Waals surface area contributed by atoms with E-state index >= 15 is 0 Å². The molecule has 0 bridgehead atoms. The second-order valence-corrected chi connectivity index (χ2v) is 3.98. The standard InChI is InChI=1S/C15H10N2O2/c18-14-9-13(12-7-4-8-16-10-12)17-15(19-14)11-5-2-1-3-6-11/h1-10H. The molecule has 0 N–H and O–H groups in total. The minimum absolute atomic E-state index is 0.312. The van der Waals surface area contributed by atoms with Crippen LogP contribution in [0.5, 0.6) is 0 Å². The highest BCUT2D eigenvalue weighted by Gasteiger charge is 2.07. The first-order valence-electron chi connectivity index (χ1n) is 5.81. The van der Waals surface area contributed by atoms with Gasteiger partial charge in [0.15, 0.2) is 0 Å². The molecule has 0 unspecified atom stereocenters. The van der Waals surface area contributed by atoms with E-state index < -0.39 is 5.63 Å². The molecule has 92 valence electrons. The van der Waals surface area contributed by atoms with Gasteiger partial charge >= 0.3 is 5.63 Å². The number of rotatable bonds is 2. The number of benzene rings is 1. The summed E-state index contributed by atoms with van der Waals surface area (Å²) >= 11 is 0. The van der Waals surface area contributed by atoms with Gasteiger partial charge in [0.05, 0.1) is 11.8 Å². The molecule has 0 amide bonds. The predicted octanol–water partition coefficient (Wildman–Crippen LogP) is 2.76. The van der Waals surface area contributed by atoms with Crippen molar-refractivity contribution in [1.82, 2.24) is 9.97 Å². The van der Waals surface area contributed by atoms with Crippen LogP contribution in [0.1, 0.15) is 0 Å². The van der Waals surface area contributed by atoms with Gasteiger partial charge in [0.1, 0.15) is 0 Å². The molecule has 0 fully saturated rings. The largest absolute Gasteiger partial charge is 0.404 e. The van der Waals surface area contributed by atoms with Crippen LogP contribution in [0.15, 0.2) is 70.1 Å². The highest BCUT2D eigenvalue weighted by molar-refractivity contribution is 5.61. The molecule has 0 saturated carbocycles. The number of pyridine rings is 1. The molecule has 0 aliphatic heterocycles. The molecule has 19 heavy (non-hydrogen) atoms. The predicted molar refractivity (Wildman–Crippen MR) is 71.4 cm³/mol. The van der Waals surface area contributed by atoms with Crippen LogP contribution < -0.4 is 5.63 Å². The van der Waals surface area contributed by atoms with Crippen LogP contribution in [0.25, 0.3) is 22.7 Å².